The fraction of sp³-hybridized carbons (Fsp3) is 0. The van der Waals surface area contributed by atoms with Crippen LogP contribution in [0.25, 0.3) is 0 Å². The quantitative estimate of drug-likeness (QED) is 0.798. The number of rotatable bonds is 2. The zero-order valence-corrected chi connectivity index (χ0v) is 7.88. The molecular weight excluding hydrogens is 188 g/mol. The fourth-order valence-electron chi connectivity index (χ4n) is 1.14. The van der Waals surface area contributed by atoms with E-state index in [1.54, 1.807) is 30.7 Å². The first-order valence-electron chi connectivity index (χ1n) is 4.42. The van der Waals surface area contributed by atoms with Gasteiger partial charge in [0.2, 0.25) is 0 Å². The van der Waals surface area contributed by atoms with Crippen LogP contribution in [-0.2, 0) is 0 Å². The lowest BCUT2D eigenvalue weighted by Crippen LogP contribution is -1.93. The number of nitriles is 1. The van der Waals surface area contributed by atoms with Crippen LogP contribution in [0.5, 0.6) is 0 Å². The molecule has 1 N–H and O–H groups in total. The van der Waals surface area contributed by atoms with Crippen LogP contribution in [0.4, 0.5) is 11.5 Å². The molecule has 0 spiro atoms. The maximum atomic E-state index is 8.63. The number of hydrogen-bond donors (Lipinski definition) is 1. The van der Waals surface area contributed by atoms with Gasteiger partial charge in [0.25, 0.3) is 0 Å². The van der Waals surface area contributed by atoms with E-state index >= 15 is 0 Å². The minimum Gasteiger partial charge on any atom is -0.339 e. The van der Waals surface area contributed by atoms with E-state index in [1.165, 1.54) is 0 Å². The summed E-state index contributed by atoms with van der Waals surface area (Å²) in [6.07, 6.45) is 4.87. The Balaban J connectivity index is 2.16. The van der Waals surface area contributed by atoms with Gasteiger partial charge in [0.05, 0.1) is 17.8 Å². The van der Waals surface area contributed by atoms with Crippen LogP contribution < -0.4 is 5.32 Å². The van der Waals surface area contributed by atoms with E-state index in [2.05, 4.69) is 21.4 Å². The van der Waals surface area contributed by atoms with Gasteiger partial charge in [-0.15, -0.1) is 0 Å². The molecule has 0 bridgehead atoms. The Morgan fingerprint density at radius 2 is 1.93 bits per heavy atom. The van der Waals surface area contributed by atoms with Gasteiger partial charge in [0.1, 0.15) is 5.82 Å². The zero-order valence-electron chi connectivity index (χ0n) is 7.88. The molecule has 1 aromatic heterocycles. The molecule has 0 unspecified atom stereocenters. The molecular formula is C11H8N4. The first-order valence-corrected chi connectivity index (χ1v) is 4.42. The van der Waals surface area contributed by atoms with Gasteiger partial charge in [0, 0.05) is 18.1 Å². The summed E-state index contributed by atoms with van der Waals surface area (Å²) in [5.74, 6) is 0.683. The predicted octanol–water partition coefficient (Wildman–Crippen LogP) is 2.09. The molecule has 0 amide bonds. The van der Waals surface area contributed by atoms with Crippen LogP contribution in [0, 0.1) is 11.3 Å². The van der Waals surface area contributed by atoms with Gasteiger partial charge >= 0.3 is 0 Å². The summed E-state index contributed by atoms with van der Waals surface area (Å²) in [6, 6.07) is 9.21. The van der Waals surface area contributed by atoms with Crippen molar-refractivity contribution in [2.24, 2.45) is 0 Å². The minimum atomic E-state index is 0.639. The average Bonchev–Trinajstić information content (AvgIpc) is 2.31. The summed E-state index contributed by atoms with van der Waals surface area (Å²) in [6.45, 7) is 0. The first kappa shape index (κ1) is 9.16. The van der Waals surface area contributed by atoms with Crippen molar-refractivity contribution in [1.29, 1.82) is 5.26 Å². The molecule has 0 saturated carbocycles. The van der Waals surface area contributed by atoms with Crippen molar-refractivity contribution in [1.82, 2.24) is 9.97 Å². The molecule has 2 aromatic rings. The third-order valence-corrected chi connectivity index (χ3v) is 1.85. The lowest BCUT2D eigenvalue weighted by Gasteiger charge is -2.03. The fourth-order valence-corrected chi connectivity index (χ4v) is 1.14. The van der Waals surface area contributed by atoms with Gasteiger partial charge in [-0.1, -0.05) is 0 Å². The largest absolute Gasteiger partial charge is 0.339 e. The molecule has 4 heteroatoms. The molecule has 72 valence electrons. The van der Waals surface area contributed by atoms with Crippen LogP contribution in [-0.4, -0.2) is 9.97 Å². The third kappa shape index (κ3) is 2.29. The highest BCUT2D eigenvalue weighted by molar-refractivity contribution is 5.56. The molecule has 15 heavy (non-hydrogen) atoms. The van der Waals surface area contributed by atoms with Gasteiger partial charge in [-0.2, -0.15) is 5.26 Å². The maximum Gasteiger partial charge on any atom is 0.148 e. The highest BCUT2D eigenvalue weighted by atomic mass is 15.0. The summed E-state index contributed by atoms with van der Waals surface area (Å²) in [5.41, 5.74) is 1.52. The van der Waals surface area contributed by atoms with Crippen LogP contribution in [0.15, 0.2) is 42.9 Å². The van der Waals surface area contributed by atoms with Crippen LogP contribution in [0.1, 0.15) is 5.56 Å². The van der Waals surface area contributed by atoms with Crippen molar-refractivity contribution in [2.75, 3.05) is 5.32 Å². The van der Waals surface area contributed by atoms with E-state index in [4.69, 9.17) is 5.26 Å². The number of anilines is 2. The van der Waals surface area contributed by atoms with Crippen LogP contribution in [0.3, 0.4) is 0 Å². The SMILES string of the molecule is N#Cc1ccc(Nc2cnccn2)cc1. The zero-order chi connectivity index (χ0) is 10.5. The van der Waals surface area contributed by atoms with Crippen LogP contribution >= 0.6 is 0 Å². The number of nitrogens with zero attached hydrogens (tertiary/aromatic N) is 3. The van der Waals surface area contributed by atoms with E-state index in [-0.39, 0.29) is 0 Å². The van der Waals surface area contributed by atoms with Gasteiger partial charge < -0.3 is 5.32 Å². The maximum absolute atomic E-state index is 8.63. The second-order valence-electron chi connectivity index (χ2n) is 2.90. The topological polar surface area (TPSA) is 61.6 Å². The molecule has 0 aliphatic carbocycles. The molecule has 0 saturated heterocycles. The second-order valence-corrected chi connectivity index (χ2v) is 2.90. The van der Waals surface area contributed by atoms with Crippen molar-refractivity contribution in [3.63, 3.8) is 0 Å². The molecule has 2 rings (SSSR count). The highest BCUT2D eigenvalue weighted by Gasteiger charge is 1.95. The Morgan fingerprint density at radius 3 is 2.53 bits per heavy atom. The molecule has 1 aromatic carbocycles. The van der Waals surface area contributed by atoms with Gasteiger partial charge in [0.15, 0.2) is 0 Å². The lowest BCUT2D eigenvalue weighted by atomic mass is 10.2. The van der Waals surface area contributed by atoms with Crippen molar-refractivity contribution in [3.8, 4) is 6.07 Å². The molecule has 4 nitrogen and oxygen atoms in total. The second kappa shape index (κ2) is 4.20. The highest BCUT2D eigenvalue weighted by Crippen LogP contribution is 2.13. The normalized spacial score (nSPS) is 9.27. The molecule has 0 aliphatic rings. The summed E-state index contributed by atoms with van der Waals surface area (Å²) in [4.78, 5) is 8.02. The molecule has 1 heterocycles. The van der Waals surface area contributed by atoms with Crippen molar-refractivity contribution in [3.05, 3.63) is 48.4 Å². The van der Waals surface area contributed by atoms with E-state index in [0.717, 1.165) is 5.69 Å². The van der Waals surface area contributed by atoms with E-state index in [1.807, 2.05) is 12.1 Å². The summed E-state index contributed by atoms with van der Waals surface area (Å²) in [7, 11) is 0. The predicted molar refractivity (Wildman–Crippen MR) is 56.5 cm³/mol. The molecule has 0 radical (unpaired) electrons. The first-order chi connectivity index (χ1) is 7.38. The lowest BCUT2D eigenvalue weighted by molar-refractivity contribution is 1.20. The van der Waals surface area contributed by atoms with Gasteiger partial charge in [-0.25, -0.2) is 4.98 Å². The summed E-state index contributed by atoms with van der Waals surface area (Å²) < 4.78 is 0. The Hall–Kier alpha value is -2.41. The average molecular weight is 196 g/mol. The van der Waals surface area contributed by atoms with E-state index < -0.39 is 0 Å². The van der Waals surface area contributed by atoms with Crippen molar-refractivity contribution in [2.45, 2.75) is 0 Å². The minimum absolute atomic E-state index is 0.639. The van der Waals surface area contributed by atoms with E-state index in [9.17, 15) is 0 Å². The van der Waals surface area contributed by atoms with E-state index in [0.29, 0.717) is 11.4 Å². The van der Waals surface area contributed by atoms with Crippen molar-refractivity contribution < 1.29 is 0 Å². The van der Waals surface area contributed by atoms with Crippen LogP contribution in [0.2, 0.25) is 0 Å². The Kier molecular flexibility index (Phi) is 2.56. The third-order valence-electron chi connectivity index (χ3n) is 1.85. The number of benzene rings is 1. The smallest absolute Gasteiger partial charge is 0.148 e. The number of hydrogen-bond acceptors (Lipinski definition) is 4. The van der Waals surface area contributed by atoms with Gasteiger partial charge in [-0.3, -0.25) is 4.98 Å². The number of nitrogens with one attached hydrogen (secondary N) is 1. The van der Waals surface area contributed by atoms with Gasteiger partial charge in [-0.05, 0) is 24.3 Å². The Bertz CT molecular complexity index is 470. The number of aromatic nitrogens is 2. The Labute approximate surface area is 87.2 Å². The van der Waals surface area contributed by atoms with Crippen molar-refractivity contribution >= 4 is 11.5 Å². The molecule has 0 aliphatic heterocycles. The molecule has 0 atom stereocenters. The molecule has 0 fully saturated rings. The summed E-state index contributed by atoms with van der Waals surface area (Å²) >= 11 is 0. The summed E-state index contributed by atoms with van der Waals surface area (Å²) in [5, 5.41) is 11.7. The standard InChI is InChI=1S/C11H8N4/c12-7-9-1-3-10(4-2-9)15-11-8-13-5-6-14-11/h1-6,8H,(H,14,15). The Morgan fingerprint density at radius 1 is 1.13 bits per heavy atom. The monoisotopic (exact) mass is 196 g/mol.